The third kappa shape index (κ3) is 6.38. The van der Waals surface area contributed by atoms with Crippen molar-refractivity contribution < 1.29 is 0 Å². The van der Waals surface area contributed by atoms with E-state index in [1.165, 1.54) is 22.3 Å². The molecule has 0 spiro atoms. The lowest BCUT2D eigenvalue weighted by Gasteiger charge is -2.34. The van der Waals surface area contributed by atoms with Gasteiger partial charge in [-0.25, -0.2) is 29.9 Å². The molecule has 8 aromatic carbocycles. The van der Waals surface area contributed by atoms with Crippen LogP contribution in [-0.4, -0.2) is 29.9 Å². The minimum atomic E-state index is -0.714. The molecule has 6 heteroatoms. The van der Waals surface area contributed by atoms with Crippen molar-refractivity contribution in [3.63, 3.8) is 0 Å². The maximum absolute atomic E-state index is 5.13. The van der Waals surface area contributed by atoms with Crippen molar-refractivity contribution in [3.05, 3.63) is 241 Å². The molecule has 2 heterocycles. The zero-order chi connectivity index (χ0) is 40.6. The average molecular weight is 781 g/mol. The Balaban J connectivity index is 1.13. The SMILES string of the molecule is c1ccc(-c2nc(-c3ccccc3)nc(-c3cccc(C4(c5cccc(-c6nc(-c7ccccc7)nc(-c7ccccc7)n6)c5)c5ccccc5-c5ccccc54)c3)n2)cc1. The van der Waals surface area contributed by atoms with Gasteiger partial charge in [-0.1, -0.05) is 206 Å². The summed E-state index contributed by atoms with van der Waals surface area (Å²) in [6.45, 7) is 0. The quantitative estimate of drug-likeness (QED) is 0.153. The topological polar surface area (TPSA) is 77.3 Å². The second-order valence-corrected chi connectivity index (χ2v) is 15.1. The summed E-state index contributed by atoms with van der Waals surface area (Å²) in [6.07, 6.45) is 0. The molecule has 286 valence electrons. The van der Waals surface area contributed by atoms with Gasteiger partial charge in [-0.3, -0.25) is 0 Å². The summed E-state index contributed by atoms with van der Waals surface area (Å²) < 4.78 is 0. The summed E-state index contributed by atoms with van der Waals surface area (Å²) in [7, 11) is 0. The Hall–Kier alpha value is -8.22. The molecule has 10 aromatic rings. The fourth-order valence-electron chi connectivity index (χ4n) is 8.68. The van der Waals surface area contributed by atoms with E-state index in [1.54, 1.807) is 0 Å². The van der Waals surface area contributed by atoms with Gasteiger partial charge in [0.25, 0.3) is 0 Å². The number of hydrogen-bond donors (Lipinski definition) is 0. The maximum Gasteiger partial charge on any atom is 0.164 e. The maximum atomic E-state index is 5.13. The number of benzene rings is 8. The molecule has 1 aliphatic rings. The van der Waals surface area contributed by atoms with E-state index in [1.807, 2.05) is 121 Å². The molecule has 0 N–H and O–H groups in total. The molecule has 0 saturated heterocycles. The van der Waals surface area contributed by atoms with Gasteiger partial charge in [0.15, 0.2) is 34.9 Å². The molecule has 0 radical (unpaired) electrons. The van der Waals surface area contributed by atoms with Crippen molar-refractivity contribution in [2.75, 3.05) is 0 Å². The van der Waals surface area contributed by atoms with Gasteiger partial charge >= 0.3 is 0 Å². The number of aromatic nitrogens is 6. The van der Waals surface area contributed by atoms with Gasteiger partial charge in [-0.05, 0) is 45.5 Å². The van der Waals surface area contributed by atoms with Crippen LogP contribution in [0.25, 0.3) is 79.5 Å². The van der Waals surface area contributed by atoms with Crippen LogP contribution in [0.3, 0.4) is 0 Å². The van der Waals surface area contributed by atoms with Crippen LogP contribution in [-0.2, 0) is 5.41 Å². The van der Waals surface area contributed by atoms with E-state index < -0.39 is 5.41 Å². The molecule has 0 saturated carbocycles. The molecule has 0 atom stereocenters. The molecular formula is C55H36N6. The Kier molecular flexibility index (Phi) is 8.94. The van der Waals surface area contributed by atoms with E-state index >= 15 is 0 Å². The summed E-state index contributed by atoms with van der Waals surface area (Å²) in [4.78, 5) is 30.4. The zero-order valence-electron chi connectivity index (χ0n) is 33.0. The Bertz CT molecular complexity index is 2860. The second kappa shape index (κ2) is 15.2. The predicted molar refractivity (Wildman–Crippen MR) is 243 cm³/mol. The molecule has 6 nitrogen and oxygen atoms in total. The van der Waals surface area contributed by atoms with Crippen LogP contribution in [0, 0.1) is 0 Å². The lowest BCUT2D eigenvalue weighted by Crippen LogP contribution is -2.28. The molecule has 2 aromatic heterocycles. The van der Waals surface area contributed by atoms with Crippen molar-refractivity contribution in [1.29, 1.82) is 0 Å². The largest absolute Gasteiger partial charge is 0.208 e. The summed E-state index contributed by atoms with van der Waals surface area (Å²) in [5.41, 5.74) is 11.7. The lowest BCUT2D eigenvalue weighted by molar-refractivity contribution is 0.768. The number of rotatable bonds is 8. The highest BCUT2D eigenvalue weighted by Gasteiger charge is 2.46. The van der Waals surface area contributed by atoms with Gasteiger partial charge in [0.05, 0.1) is 5.41 Å². The fraction of sp³-hybridized carbons (Fsp3) is 0.0182. The zero-order valence-corrected chi connectivity index (χ0v) is 33.0. The second-order valence-electron chi connectivity index (χ2n) is 15.1. The molecule has 0 unspecified atom stereocenters. The molecule has 0 amide bonds. The van der Waals surface area contributed by atoms with Gasteiger partial charge in [0, 0.05) is 33.4 Å². The van der Waals surface area contributed by atoms with Gasteiger partial charge in [-0.2, -0.15) is 0 Å². The Labute approximate surface area is 354 Å². The van der Waals surface area contributed by atoms with E-state index in [-0.39, 0.29) is 0 Å². The first-order valence-electron chi connectivity index (χ1n) is 20.4. The Morgan fingerprint density at radius 3 is 0.820 bits per heavy atom. The van der Waals surface area contributed by atoms with Crippen LogP contribution in [0.2, 0.25) is 0 Å². The molecule has 1 aliphatic carbocycles. The van der Waals surface area contributed by atoms with Crippen molar-refractivity contribution in [2.24, 2.45) is 0 Å². The van der Waals surface area contributed by atoms with Crippen molar-refractivity contribution in [3.8, 4) is 79.5 Å². The number of hydrogen-bond acceptors (Lipinski definition) is 6. The molecular weight excluding hydrogens is 745 g/mol. The molecule has 11 rings (SSSR count). The first kappa shape index (κ1) is 35.9. The third-order valence-electron chi connectivity index (χ3n) is 11.5. The molecule has 0 fully saturated rings. The van der Waals surface area contributed by atoms with E-state index in [2.05, 4.69) is 97.1 Å². The normalized spacial score (nSPS) is 12.4. The smallest absolute Gasteiger partial charge is 0.164 e. The number of nitrogens with zero attached hydrogens (tertiary/aromatic N) is 6. The molecule has 0 aliphatic heterocycles. The summed E-state index contributed by atoms with van der Waals surface area (Å²) in [5.74, 6) is 3.69. The highest BCUT2D eigenvalue weighted by molar-refractivity contribution is 5.87. The summed E-state index contributed by atoms with van der Waals surface area (Å²) >= 11 is 0. The Morgan fingerprint density at radius 2 is 0.492 bits per heavy atom. The van der Waals surface area contributed by atoms with Gasteiger partial charge in [-0.15, -0.1) is 0 Å². The van der Waals surface area contributed by atoms with Crippen molar-refractivity contribution >= 4 is 0 Å². The van der Waals surface area contributed by atoms with Gasteiger partial charge < -0.3 is 0 Å². The molecule has 0 bridgehead atoms. The van der Waals surface area contributed by atoms with Crippen molar-refractivity contribution in [2.45, 2.75) is 5.41 Å². The average Bonchev–Trinajstić information content (AvgIpc) is 3.66. The van der Waals surface area contributed by atoms with E-state index in [0.717, 1.165) is 44.5 Å². The minimum Gasteiger partial charge on any atom is -0.208 e. The summed E-state index contributed by atoms with van der Waals surface area (Å²) in [6, 6.07) is 75.4. The monoisotopic (exact) mass is 780 g/mol. The van der Waals surface area contributed by atoms with E-state index in [4.69, 9.17) is 29.9 Å². The molecule has 61 heavy (non-hydrogen) atoms. The van der Waals surface area contributed by atoms with Crippen molar-refractivity contribution in [1.82, 2.24) is 29.9 Å². The highest BCUT2D eigenvalue weighted by Crippen LogP contribution is 2.56. The third-order valence-corrected chi connectivity index (χ3v) is 11.5. The predicted octanol–water partition coefficient (Wildman–Crippen LogP) is 12.4. The minimum absolute atomic E-state index is 0.602. The van der Waals surface area contributed by atoms with Gasteiger partial charge in [0.2, 0.25) is 0 Å². The van der Waals surface area contributed by atoms with Crippen LogP contribution in [0.1, 0.15) is 22.3 Å². The van der Waals surface area contributed by atoms with Crippen LogP contribution < -0.4 is 0 Å². The van der Waals surface area contributed by atoms with Gasteiger partial charge in [0.1, 0.15) is 0 Å². The Morgan fingerprint density at radius 1 is 0.230 bits per heavy atom. The van der Waals surface area contributed by atoms with E-state index in [9.17, 15) is 0 Å². The first-order chi connectivity index (χ1) is 30.2. The van der Waals surface area contributed by atoms with Crippen LogP contribution in [0.4, 0.5) is 0 Å². The van der Waals surface area contributed by atoms with E-state index in [0.29, 0.717) is 34.9 Å². The standard InChI is InChI=1S/C55H36N6/c1-5-19-37(20-6-1)49-56-50(38-21-7-2-8-22-38)59-53(58-49)41-27-17-29-43(35-41)55(47-33-15-13-31-45(47)46-32-14-16-34-48(46)55)44-30-18-28-42(36-44)54-60-51(39-23-9-3-10-24-39)57-52(61-54)40-25-11-4-12-26-40/h1-36H. The van der Waals surface area contributed by atoms with Crippen LogP contribution >= 0.6 is 0 Å². The van der Waals surface area contributed by atoms with Crippen LogP contribution in [0.15, 0.2) is 218 Å². The highest BCUT2D eigenvalue weighted by atomic mass is 15.0. The lowest BCUT2D eigenvalue weighted by atomic mass is 9.67. The fourth-order valence-corrected chi connectivity index (χ4v) is 8.68. The van der Waals surface area contributed by atoms with Crippen LogP contribution in [0.5, 0.6) is 0 Å². The summed E-state index contributed by atoms with van der Waals surface area (Å²) in [5, 5.41) is 0. The first-order valence-corrected chi connectivity index (χ1v) is 20.4. The number of fused-ring (bicyclic) bond motifs is 3.